The summed E-state index contributed by atoms with van der Waals surface area (Å²) in [6.07, 6.45) is 4.08. The standard InChI is InChI=1S/C13H24O4/c1-4-6-8-11(12(14)15)10(3)13(16)17-9-7-5-2/h10-11H,4-9H2,1-3H3,(H,14,15). The summed E-state index contributed by atoms with van der Waals surface area (Å²) in [5.41, 5.74) is 0. The SMILES string of the molecule is CCCCOC(=O)C(C)C(CCCC)C(=O)O. The van der Waals surface area contributed by atoms with Gasteiger partial charge < -0.3 is 9.84 Å². The van der Waals surface area contributed by atoms with Crippen LogP contribution in [0, 0.1) is 11.8 Å². The molecular formula is C13H24O4. The van der Waals surface area contributed by atoms with Gasteiger partial charge in [-0.3, -0.25) is 9.59 Å². The van der Waals surface area contributed by atoms with Crippen LogP contribution in [0.1, 0.15) is 52.9 Å². The molecule has 0 aromatic heterocycles. The number of carboxylic acid groups (broad SMARTS) is 1. The number of rotatable bonds is 9. The minimum atomic E-state index is -0.904. The molecular weight excluding hydrogens is 220 g/mol. The van der Waals surface area contributed by atoms with Gasteiger partial charge >= 0.3 is 11.9 Å². The summed E-state index contributed by atoms with van der Waals surface area (Å²) in [5.74, 6) is -2.47. The molecule has 0 rings (SSSR count). The molecule has 2 unspecified atom stereocenters. The first-order valence-corrected chi connectivity index (χ1v) is 6.44. The van der Waals surface area contributed by atoms with Crippen molar-refractivity contribution >= 4 is 11.9 Å². The summed E-state index contributed by atoms with van der Waals surface area (Å²) < 4.78 is 5.05. The van der Waals surface area contributed by atoms with Crippen LogP contribution in [0.25, 0.3) is 0 Å². The molecule has 100 valence electrons. The molecule has 0 saturated carbocycles. The Morgan fingerprint density at radius 1 is 1.18 bits per heavy atom. The third-order valence-electron chi connectivity index (χ3n) is 2.90. The maximum absolute atomic E-state index is 11.6. The van der Waals surface area contributed by atoms with Crippen molar-refractivity contribution in [1.82, 2.24) is 0 Å². The number of carbonyl (C=O) groups is 2. The van der Waals surface area contributed by atoms with E-state index < -0.39 is 17.8 Å². The molecule has 2 atom stereocenters. The molecule has 0 fully saturated rings. The van der Waals surface area contributed by atoms with Crippen molar-refractivity contribution in [3.05, 3.63) is 0 Å². The fraction of sp³-hybridized carbons (Fsp3) is 0.846. The van der Waals surface area contributed by atoms with Gasteiger partial charge in [-0.2, -0.15) is 0 Å². The molecule has 0 aliphatic carbocycles. The fourth-order valence-corrected chi connectivity index (χ4v) is 1.62. The lowest BCUT2D eigenvalue weighted by Crippen LogP contribution is -2.29. The van der Waals surface area contributed by atoms with E-state index in [1.807, 2.05) is 13.8 Å². The first-order valence-electron chi connectivity index (χ1n) is 6.44. The van der Waals surface area contributed by atoms with Crippen LogP contribution in [0.4, 0.5) is 0 Å². The van der Waals surface area contributed by atoms with Crippen LogP contribution in [-0.2, 0) is 14.3 Å². The van der Waals surface area contributed by atoms with E-state index in [9.17, 15) is 9.59 Å². The fourth-order valence-electron chi connectivity index (χ4n) is 1.62. The molecule has 4 heteroatoms. The smallest absolute Gasteiger partial charge is 0.309 e. The van der Waals surface area contributed by atoms with Gasteiger partial charge in [-0.1, -0.05) is 40.0 Å². The highest BCUT2D eigenvalue weighted by Crippen LogP contribution is 2.20. The van der Waals surface area contributed by atoms with E-state index in [2.05, 4.69) is 0 Å². The third kappa shape index (κ3) is 6.29. The number of hydrogen-bond acceptors (Lipinski definition) is 3. The highest BCUT2D eigenvalue weighted by Gasteiger charge is 2.30. The van der Waals surface area contributed by atoms with Crippen LogP contribution in [-0.4, -0.2) is 23.7 Å². The molecule has 17 heavy (non-hydrogen) atoms. The summed E-state index contributed by atoms with van der Waals surface area (Å²) in [5, 5.41) is 9.08. The number of ether oxygens (including phenoxy) is 1. The second kappa shape index (κ2) is 9.02. The molecule has 4 nitrogen and oxygen atoms in total. The van der Waals surface area contributed by atoms with E-state index in [-0.39, 0.29) is 5.97 Å². The molecule has 0 aromatic rings. The van der Waals surface area contributed by atoms with Gasteiger partial charge in [0.1, 0.15) is 0 Å². The van der Waals surface area contributed by atoms with Crippen LogP contribution < -0.4 is 0 Å². The van der Waals surface area contributed by atoms with Crippen LogP contribution in [0.5, 0.6) is 0 Å². The summed E-state index contributed by atoms with van der Waals surface area (Å²) in [6.45, 7) is 6.05. The van der Waals surface area contributed by atoms with E-state index >= 15 is 0 Å². The number of aliphatic carboxylic acids is 1. The molecule has 0 amide bonds. The van der Waals surface area contributed by atoms with Gasteiger partial charge in [0.15, 0.2) is 0 Å². The lowest BCUT2D eigenvalue weighted by Gasteiger charge is -2.18. The Morgan fingerprint density at radius 2 is 1.76 bits per heavy atom. The lowest BCUT2D eigenvalue weighted by molar-refractivity contribution is -0.157. The normalized spacial score (nSPS) is 14.1. The molecule has 0 saturated heterocycles. The van der Waals surface area contributed by atoms with E-state index in [4.69, 9.17) is 9.84 Å². The monoisotopic (exact) mass is 244 g/mol. The van der Waals surface area contributed by atoms with Crippen LogP contribution in [0.3, 0.4) is 0 Å². The zero-order chi connectivity index (χ0) is 13.3. The Bertz CT molecular complexity index is 238. The Labute approximate surface area is 103 Å². The van der Waals surface area contributed by atoms with Gasteiger partial charge in [0.2, 0.25) is 0 Å². The van der Waals surface area contributed by atoms with Gasteiger partial charge in [0, 0.05) is 0 Å². The predicted octanol–water partition coefficient (Wildman–Crippen LogP) is 2.86. The Balaban J connectivity index is 4.23. The van der Waals surface area contributed by atoms with Gasteiger partial charge in [-0.25, -0.2) is 0 Å². The van der Waals surface area contributed by atoms with Crippen LogP contribution >= 0.6 is 0 Å². The van der Waals surface area contributed by atoms with E-state index in [1.54, 1.807) is 6.92 Å². The van der Waals surface area contributed by atoms with Crippen molar-refractivity contribution in [2.24, 2.45) is 11.8 Å². The maximum Gasteiger partial charge on any atom is 0.309 e. The van der Waals surface area contributed by atoms with Crippen molar-refractivity contribution < 1.29 is 19.4 Å². The molecule has 0 aromatic carbocycles. The van der Waals surface area contributed by atoms with Crippen molar-refractivity contribution in [3.8, 4) is 0 Å². The van der Waals surface area contributed by atoms with Crippen molar-refractivity contribution in [1.29, 1.82) is 0 Å². The summed E-state index contributed by atoms with van der Waals surface area (Å²) in [6, 6.07) is 0. The molecule has 1 N–H and O–H groups in total. The highest BCUT2D eigenvalue weighted by molar-refractivity contribution is 5.80. The predicted molar refractivity (Wildman–Crippen MR) is 65.7 cm³/mol. The summed E-state index contributed by atoms with van der Waals surface area (Å²) in [4.78, 5) is 22.7. The average molecular weight is 244 g/mol. The Hall–Kier alpha value is -1.06. The average Bonchev–Trinajstić information content (AvgIpc) is 2.29. The molecule has 0 aliphatic heterocycles. The minimum Gasteiger partial charge on any atom is -0.481 e. The zero-order valence-electron chi connectivity index (χ0n) is 11.1. The molecule has 0 bridgehead atoms. The minimum absolute atomic E-state index is 0.387. The second-order valence-corrected chi connectivity index (χ2v) is 4.40. The molecule has 0 heterocycles. The van der Waals surface area contributed by atoms with Gasteiger partial charge in [0.05, 0.1) is 18.4 Å². The zero-order valence-corrected chi connectivity index (χ0v) is 11.1. The number of hydrogen-bond donors (Lipinski definition) is 1. The van der Waals surface area contributed by atoms with Gasteiger partial charge in [-0.05, 0) is 12.8 Å². The Morgan fingerprint density at radius 3 is 2.24 bits per heavy atom. The number of carbonyl (C=O) groups excluding carboxylic acids is 1. The van der Waals surface area contributed by atoms with E-state index in [0.717, 1.165) is 25.7 Å². The first kappa shape index (κ1) is 15.9. The second-order valence-electron chi connectivity index (χ2n) is 4.40. The quantitative estimate of drug-likeness (QED) is 0.500. The highest BCUT2D eigenvalue weighted by atomic mass is 16.5. The van der Waals surface area contributed by atoms with Crippen LogP contribution in [0.15, 0.2) is 0 Å². The number of unbranched alkanes of at least 4 members (excludes halogenated alkanes) is 2. The molecule has 0 aliphatic rings. The van der Waals surface area contributed by atoms with Crippen molar-refractivity contribution in [2.45, 2.75) is 52.9 Å². The number of carboxylic acids is 1. The van der Waals surface area contributed by atoms with Crippen molar-refractivity contribution in [3.63, 3.8) is 0 Å². The Kier molecular flexibility index (Phi) is 8.46. The first-order chi connectivity index (χ1) is 8.04. The molecule has 0 radical (unpaired) electrons. The third-order valence-corrected chi connectivity index (χ3v) is 2.90. The largest absolute Gasteiger partial charge is 0.481 e. The topological polar surface area (TPSA) is 63.6 Å². The van der Waals surface area contributed by atoms with Gasteiger partial charge in [0.25, 0.3) is 0 Å². The van der Waals surface area contributed by atoms with E-state index in [1.165, 1.54) is 0 Å². The van der Waals surface area contributed by atoms with Crippen LogP contribution in [0.2, 0.25) is 0 Å². The maximum atomic E-state index is 11.6. The number of esters is 1. The molecule has 0 spiro atoms. The lowest BCUT2D eigenvalue weighted by atomic mass is 9.89. The summed E-state index contributed by atoms with van der Waals surface area (Å²) >= 11 is 0. The van der Waals surface area contributed by atoms with E-state index in [0.29, 0.717) is 13.0 Å². The van der Waals surface area contributed by atoms with Gasteiger partial charge in [-0.15, -0.1) is 0 Å². The van der Waals surface area contributed by atoms with Crippen molar-refractivity contribution in [2.75, 3.05) is 6.61 Å². The summed E-state index contributed by atoms with van der Waals surface area (Å²) in [7, 11) is 0.